The van der Waals surface area contributed by atoms with E-state index in [1.54, 1.807) is 0 Å². The highest BCUT2D eigenvalue weighted by Crippen LogP contribution is 2.43. The molecule has 0 saturated heterocycles. The van der Waals surface area contributed by atoms with Gasteiger partial charge in [-0.25, -0.2) is 0 Å². The molecule has 0 aromatic heterocycles. The first kappa shape index (κ1) is 18.2. The molecular weight excluding hydrogens is 299 g/mol. The number of hydrogen-bond acceptors (Lipinski definition) is 1. The molecule has 0 aliphatic carbocycles. The third-order valence-electron chi connectivity index (χ3n) is 4.49. The van der Waals surface area contributed by atoms with Crippen molar-refractivity contribution in [1.82, 2.24) is 0 Å². The average molecular weight is 328 g/mol. The molecule has 1 atom stereocenters. The van der Waals surface area contributed by atoms with Crippen LogP contribution in [0.4, 0.5) is 0 Å². The molecule has 0 heterocycles. The van der Waals surface area contributed by atoms with Crippen molar-refractivity contribution in [1.29, 1.82) is 0 Å². The summed E-state index contributed by atoms with van der Waals surface area (Å²) in [5.74, 6) is 0.542. The van der Waals surface area contributed by atoms with Crippen LogP contribution in [0.25, 0.3) is 0 Å². The predicted octanol–water partition coefficient (Wildman–Crippen LogP) is 5.66. The summed E-state index contributed by atoms with van der Waals surface area (Å²) in [4.78, 5) is 0. The van der Waals surface area contributed by atoms with E-state index in [2.05, 4.69) is 88.4 Å². The van der Waals surface area contributed by atoms with E-state index >= 15 is 0 Å². The van der Waals surface area contributed by atoms with Gasteiger partial charge in [0.15, 0.2) is 0 Å². The van der Waals surface area contributed by atoms with Gasteiger partial charge in [-0.1, -0.05) is 87.4 Å². The Morgan fingerprint density at radius 2 is 1.39 bits per heavy atom. The van der Waals surface area contributed by atoms with E-state index in [9.17, 15) is 0 Å². The summed E-state index contributed by atoms with van der Waals surface area (Å²) in [6.07, 6.45) is 3.73. The largest absolute Gasteiger partial charge is 0.344 e. The Morgan fingerprint density at radius 1 is 0.913 bits per heavy atom. The van der Waals surface area contributed by atoms with E-state index in [-0.39, 0.29) is 5.60 Å². The van der Waals surface area contributed by atoms with Crippen LogP contribution in [-0.4, -0.2) is 5.60 Å². The second-order valence-corrected chi connectivity index (χ2v) is 8.51. The summed E-state index contributed by atoms with van der Waals surface area (Å²) in [5.41, 5.74) is -0.132. The van der Waals surface area contributed by atoms with Crippen molar-refractivity contribution in [2.24, 2.45) is 5.92 Å². The molecule has 0 radical (unpaired) electrons. The van der Waals surface area contributed by atoms with Crippen LogP contribution in [0.15, 0.2) is 60.7 Å². The predicted molar refractivity (Wildman–Crippen MR) is 103 cm³/mol. The second-order valence-electron chi connectivity index (χ2n) is 6.70. The van der Waals surface area contributed by atoms with Crippen molar-refractivity contribution in [3.63, 3.8) is 0 Å². The zero-order valence-electron chi connectivity index (χ0n) is 14.8. The summed E-state index contributed by atoms with van der Waals surface area (Å²) < 4.78 is 6.73. The van der Waals surface area contributed by atoms with Gasteiger partial charge in [-0.2, -0.15) is 0 Å². The molecule has 0 aliphatic rings. The van der Waals surface area contributed by atoms with Crippen LogP contribution in [0.2, 0.25) is 0 Å². The minimum atomic E-state index is -0.786. The SMILES string of the molecule is CCCCC(C)C(C)(C)OP(c1ccccc1)c1ccccc1. The first-order valence-electron chi connectivity index (χ1n) is 8.64. The van der Waals surface area contributed by atoms with Gasteiger partial charge in [0, 0.05) is 10.6 Å². The lowest BCUT2D eigenvalue weighted by atomic mass is 9.88. The van der Waals surface area contributed by atoms with Gasteiger partial charge in [0.1, 0.15) is 0 Å². The zero-order valence-corrected chi connectivity index (χ0v) is 15.7. The molecule has 2 aromatic rings. The van der Waals surface area contributed by atoms with Gasteiger partial charge in [0.25, 0.3) is 0 Å². The van der Waals surface area contributed by atoms with Gasteiger partial charge >= 0.3 is 0 Å². The van der Waals surface area contributed by atoms with Crippen molar-refractivity contribution in [3.8, 4) is 0 Å². The van der Waals surface area contributed by atoms with Gasteiger partial charge < -0.3 is 4.52 Å². The third-order valence-corrected chi connectivity index (χ3v) is 6.67. The normalized spacial score (nSPS) is 13.3. The number of benzene rings is 2. The van der Waals surface area contributed by atoms with E-state index in [1.165, 1.54) is 29.9 Å². The maximum absolute atomic E-state index is 6.73. The highest BCUT2D eigenvalue weighted by atomic mass is 31.1. The van der Waals surface area contributed by atoms with Gasteiger partial charge in [-0.05, 0) is 26.2 Å². The molecule has 0 bridgehead atoms. The number of hydrogen-bond donors (Lipinski definition) is 0. The Hall–Kier alpha value is -1.17. The molecule has 124 valence electrons. The van der Waals surface area contributed by atoms with Crippen molar-refractivity contribution >= 4 is 18.8 Å². The summed E-state index contributed by atoms with van der Waals surface area (Å²) in [6.45, 7) is 9.06. The fraction of sp³-hybridized carbons (Fsp3) is 0.429. The molecule has 0 amide bonds. The molecule has 0 fully saturated rings. The molecule has 0 N–H and O–H groups in total. The van der Waals surface area contributed by atoms with Gasteiger partial charge in [0.05, 0.1) is 13.7 Å². The summed E-state index contributed by atoms with van der Waals surface area (Å²) in [7, 11) is -0.786. The van der Waals surface area contributed by atoms with Gasteiger partial charge in [-0.15, -0.1) is 0 Å². The molecule has 23 heavy (non-hydrogen) atoms. The van der Waals surface area contributed by atoms with Crippen LogP contribution in [0.5, 0.6) is 0 Å². The number of rotatable bonds is 8. The Morgan fingerprint density at radius 3 is 1.83 bits per heavy atom. The standard InChI is InChI=1S/C21H29OP/c1-5-6-13-18(2)21(3,4)22-23(19-14-9-7-10-15-19)20-16-11-8-12-17-20/h7-12,14-18H,5-6,13H2,1-4H3. The van der Waals surface area contributed by atoms with E-state index in [0.29, 0.717) is 5.92 Å². The zero-order chi connectivity index (χ0) is 16.7. The molecular formula is C21H29OP. The molecule has 0 aliphatic heterocycles. The van der Waals surface area contributed by atoms with Crippen LogP contribution in [-0.2, 0) is 4.52 Å². The first-order valence-corrected chi connectivity index (χ1v) is 9.90. The maximum Gasteiger partial charge on any atom is 0.0925 e. The minimum absolute atomic E-state index is 0.132. The van der Waals surface area contributed by atoms with Gasteiger partial charge in [-0.3, -0.25) is 0 Å². The highest BCUT2D eigenvalue weighted by molar-refractivity contribution is 7.68. The van der Waals surface area contributed by atoms with Crippen molar-refractivity contribution in [2.75, 3.05) is 0 Å². The lowest BCUT2D eigenvalue weighted by molar-refractivity contribution is 0.0631. The summed E-state index contributed by atoms with van der Waals surface area (Å²) in [5, 5.41) is 2.56. The third kappa shape index (κ3) is 5.16. The van der Waals surface area contributed by atoms with Crippen LogP contribution in [0, 0.1) is 5.92 Å². The Balaban J connectivity index is 2.25. The van der Waals surface area contributed by atoms with Gasteiger partial charge in [0.2, 0.25) is 0 Å². The molecule has 1 unspecified atom stereocenters. The van der Waals surface area contributed by atoms with Crippen molar-refractivity contribution in [2.45, 2.75) is 52.6 Å². The quantitative estimate of drug-likeness (QED) is 0.568. The lowest BCUT2D eigenvalue weighted by Crippen LogP contribution is -2.34. The maximum atomic E-state index is 6.73. The molecule has 0 saturated carbocycles. The highest BCUT2D eigenvalue weighted by Gasteiger charge is 2.31. The van der Waals surface area contributed by atoms with Crippen molar-refractivity contribution < 1.29 is 4.52 Å². The van der Waals surface area contributed by atoms with E-state index in [1.807, 2.05) is 0 Å². The monoisotopic (exact) mass is 328 g/mol. The Labute approximate surface area is 142 Å². The molecule has 2 aromatic carbocycles. The Kier molecular flexibility index (Phi) is 6.81. The lowest BCUT2D eigenvalue weighted by Gasteiger charge is -2.36. The summed E-state index contributed by atoms with van der Waals surface area (Å²) in [6, 6.07) is 21.3. The molecule has 2 heteroatoms. The molecule has 1 nitrogen and oxygen atoms in total. The van der Waals surface area contributed by atoms with Crippen molar-refractivity contribution in [3.05, 3.63) is 60.7 Å². The first-order chi connectivity index (χ1) is 11.0. The van der Waals surface area contributed by atoms with E-state index in [4.69, 9.17) is 4.52 Å². The van der Waals surface area contributed by atoms with Crippen LogP contribution < -0.4 is 10.6 Å². The Bertz CT molecular complexity index is 525. The van der Waals surface area contributed by atoms with E-state index < -0.39 is 8.15 Å². The minimum Gasteiger partial charge on any atom is -0.344 e. The number of unbranched alkanes of at least 4 members (excludes halogenated alkanes) is 1. The smallest absolute Gasteiger partial charge is 0.0925 e. The van der Waals surface area contributed by atoms with Crippen LogP contribution in [0.3, 0.4) is 0 Å². The summed E-state index contributed by atoms with van der Waals surface area (Å²) >= 11 is 0. The van der Waals surface area contributed by atoms with E-state index in [0.717, 1.165) is 0 Å². The fourth-order valence-corrected chi connectivity index (χ4v) is 4.61. The van der Waals surface area contributed by atoms with Crippen LogP contribution >= 0.6 is 8.15 Å². The molecule has 0 spiro atoms. The molecule has 2 rings (SSSR count). The topological polar surface area (TPSA) is 9.23 Å². The average Bonchev–Trinajstić information content (AvgIpc) is 2.59. The fourth-order valence-electron chi connectivity index (χ4n) is 2.56. The second kappa shape index (κ2) is 8.62. The van der Waals surface area contributed by atoms with Crippen LogP contribution in [0.1, 0.15) is 47.0 Å².